The van der Waals surface area contributed by atoms with Gasteiger partial charge in [0.05, 0.1) is 0 Å². The van der Waals surface area contributed by atoms with Crippen molar-refractivity contribution < 1.29 is 0 Å². The Balaban J connectivity index is 2.33. The molecule has 76 valence electrons. The Morgan fingerprint density at radius 3 is 2.92 bits per heavy atom. The Hall–Kier alpha value is -0.340. The zero-order chi connectivity index (χ0) is 9.68. The van der Waals surface area contributed by atoms with Gasteiger partial charge in [-0.1, -0.05) is 26.0 Å². The molecule has 0 saturated carbocycles. The fourth-order valence-corrected chi connectivity index (χ4v) is 1.71. The van der Waals surface area contributed by atoms with E-state index in [0.717, 1.165) is 19.0 Å². The second kappa shape index (κ2) is 5.40. The minimum absolute atomic E-state index is 0.680. The molecular formula is C11H22N2. The van der Waals surface area contributed by atoms with Crippen molar-refractivity contribution in [3.05, 3.63) is 12.2 Å². The minimum atomic E-state index is 0.680. The van der Waals surface area contributed by atoms with Gasteiger partial charge < -0.3 is 5.32 Å². The van der Waals surface area contributed by atoms with Crippen molar-refractivity contribution in [3.63, 3.8) is 0 Å². The highest BCUT2D eigenvalue weighted by molar-refractivity contribution is 4.86. The molecule has 0 aliphatic carbocycles. The van der Waals surface area contributed by atoms with Gasteiger partial charge in [-0.25, -0.2) is 0 Å². The molecule has 1 N–H and O–H groups in total. The van der Waals surface area contributed by atoms with Gasteiger partial charge in [0, 0.05) is 32.2 Å². The van der Waals surface area contributed by atoms with Crippen LogP contribution in [0.15, 0.2) is 12.2 Å². The summed E-state index contributed by atoms with van der Waals surface area (Å²) in [7, 11) is 0. The molecule has 1 heterocycles. The average Bonchev–Trinajstić information content (AvgIpc) is 2.15. The van der Waals surface area contributed by atoms with Gasteiger partial charge in [0.15, 0.2) is 0 Å². The van der Waals surface area contributed by atoms with Gasteiger partial charge in [-0.2, -0.15) is 0 Å². The van der Waals surface area contributed by atoms with Crippen LogP contribution < -0.4 is 5.32 Å². The fourth-order valence-electron chi connectivity index (χ4n) is 1.71. The minimum Gasteiger partial charge on any atom is -0.311 e. The van der Waals surface area contributed by atoms with E-state index in [4.69, 9.17) is 0 Å². The molecule has 0 aromatic rings. The smallest absolute Gasteiger partial charge is 0.0218 e. The zero-order valence-electron chi connectivity index (χ0n) is 9.09. The number of hydrogen-bond donors (Lipinski definition) is 1. The summed E-state index contributed by atoms with van der Waals surface area (Å²) in [6.07, 6.45) is 4.37. The van der Waals surface area contributed by atoms with E-state index in [-0.39, 0.29) is 0 Å². The van der Waals surface area contributed by atoms with Gasteiger partial charge in [-0.05, 0) is 12.8 Å². The SMILES string of the molecule is C/C=C/CN1CCNC(C(C)C)C1. The Labute approximate surface area is 82.0 Å². The molecule has 1 unspecified atom stereocenters. The van der Waals surface area contributed by atoms with Gasteiger partial charge in [0.1, 0.15) is 0 Å². The predicted octanol–water partition coefficient (Wildman–Crippen LogP) is 1.49. The van der Waals surface area contributed by atoms with Crippen LogP contribution in [0.4, 0.5) is 0 Å². The van der Waals surface area contributed by atoms with Gasteiger partial charge in [-0.15, -0.1) is 0 Å². The lowest BCUT2D eigenvalue weighted by Gasteiger charge is -2.35. The van der Waals surface area contributed by atoms with E-state index < -0.39 is 0 Å². The molecule has 1 rings (SSSR count). The van der Waals surface area contributed by atoms with E-state index in [1.165, 1.54) is 13.1 Å². The van der Waals surface area contributed by atoms with Crippen LogP contribution in [0, 0.1) is 5.92 Å². The van der Waals surface area contributed by atoms with Crippen molar-refractivity contribution in [3.8, 4) is 0 Å². The summed E-state index contributed by atoms with van der Waals surface area (Å²) in [6.45, 7) is 11.3. The third-order valence-corrected chi connectivity index (χ3v) is 2.69. The van der Waals surface area contributed by atoms with Crippen molar-refractivity contribution in [2.45, 2.75) is 26.8 Å². The van der Waals surface area contributed by atoms with E-state index in [2.05, 4.69) is 43.1 Å². The molecule has 0 radical (unpaired) electrons. The lowest BCUT2D eigenvalue weighted by Crippen LogP contribution is -2.52. The largest absolute Gasteiger partial charge is 0.311 e. The molecule has 2 nitrogen and oxygen atoms in total. The maximum atomic E-state index is 3.56. The van der Waals surface area contributed by atoms with Crippen LogP contribution >= 0.6 is 0 Å². The molecule has 0 bridgehead atoms. The second-order valence-electron chi connectivity index (χ2n) is 4.13. The van der Waals surface area contributed by atoms with Crippen LogP contribution in [0.3, 0.4) is 0 Å². The zero-order valence-corrected chi connectivity index (χ0v) is 9.09. The first-order chi connectivity index (χ1) is 6.24. The van der Waals surface area contributed by atoms with E-state index in [1.807, 2.05) is 0 Å². The molecule has 0 aromatic heterocycles. The molecule has 1 aliphatic rings. The van der Waals surface area contributed by atoms with Gasteiger partial charge >= 0.3 is 0 Å². The van der Waals surface area contributed by atoms with E-state index in [0.29, 0.717) is 6.04 Å². The van der Waals surface area contributed by atoms with Crippen molar-refractivity contribution in [2.75, 3.05) is 26.2 Å². The lowest BCUT2D eigenvalue weighted by molar-refractivity contribution is 0.190. The number of nitrogens with zero attached hydrogens (tertiary/aromatic N) is 1. The van der Waals surface area contributed by atoms with E-state index in [1.54, 1.807) is 0 Å². The maximum absolute atomic E-state index is 3.56. The van der Waals surface area contributed by atoms with Gasteiger partial charge in [0.2, 0.25) is 0 Å². The highest BCUT2D eigenvalue weighted by Crippen LogP contribution is 2.07. The molecule has 1 atom stereocenters. The van der Waals surface area contributed by atoms with Gasteiger partial charge in [0.25, 0.3) is 0 Å². The molecule has 13 heavy (non-hydrogen) atoms. The molecule has 2 heteroatoms. The number of allylic oxidation sites excluding steroid dienone is 1. The summed E-state index contributed by atoms with van der Waals surface area (Å²) in [6, 6.07) is 0.680. The summed E-state index contributed by atoms with van der Waals surface area (Å²) in [5.74, 6) is 0.744. The Kier molecular flexibility index (Phi) is 4.46. The first-order valence-electron chi connectivity index (χ1n) is 5.31. The standard InChI is InChI=1S/C11H22N2/c1-4-5-7-13-8-6-12-11(9-13)10(2)3/h4-5,10-12H,6-9H2,1-3H3/b5-4+. The van der Waals surface area contributed by atoms with Crippen LogP contribution in [0.5, 0.6) is 0 Å². The van der Waals surface area contributed by atoms with Crippen LogP contribution in [-0.2, 0) is 0 Å². The van der Waals surface area contributed by atoms with E-state index >= 15 is 0 Å². The van der Waals surface area contributed by atoms with Crippen LogP contribution in [0.2, 0.25) is 0 Å². The summed E-state index contributed by atoms with van der Waals surface area (Å²) < 4.78 is 0. The Bertz CT molecular complexity index is 163. The predicted molar refractivity (Wildman–Crippen MR) is 57.9 cm³/mol. The summed E-state index contributed by atoms with van der Waals surface area (Å²) in [5.41, 5.74) is 0. The highest BCUT2D eigenvalue weighted by Gasteiger charge is 2.20. The van der Waals surface area contributed by atoms with Crippen LogP contribution in [0.1, 0.15) is 20.8 Å². The molecule has 1 saturated heterocycles. The van der Waals surface area contributed by atoms with Crippen LogP contribution in [0.25, 0.3) is 0 Å². The maximum Gasteiger partial charge on any atom is 0.0218 e. The Morgan fingerprint density at radius 2 is 2.31 bits per heavy atom. The molecule has 1 fully saturated rings. The third kappa shape index (κ3) is 3.49. The number of nitrogens with one attached hydrogen (secondary N) is 1. The van der Waals surface area contributed by atoms with E-state index in [9.17, 15) is 0 Å². The molecule has 0 spiro atoms. The molecule has 0 amide bonds. The van der Waals surface area contributed by atoms with Crippen molar-refractivity contribution in [1.29, 1.82) is 0 Å². The molecule has 1 aliphatic heterocycles. The quantitative estimate of drug-likeness (QED) is 0.665. The average molecular weight is 182 g/mol. The van der Waals surface area contributed by atoms with Crippen LogP contribution in [-0.4, -0.2) is 37.1 Å². The topological polar surface area (TPSA) is 15.3 Å². The Morgan fingerprint density at radius 1 is 1.54 bits per heavy atom. The summed E-state index contributed by atoms with van der Waals surface area (Å²) in [5, 5.41) is 3.56. The normalized spacial score (nSPS) is 26.0. The number of hydrogen-bond acceptors (Lipinski definition) is 2. The second-order valence-corrected chi connectivity index (χ2v) is 4.13. The first kappa shape index (κ1) is 10.7. The number of rotatable bonds is 3. The molecular weight excluding hydrogens is 160 g/mol. The number of piperazine rings is 1. The third-order valence-electron chi connectivity index (χ3n) is 2.69. The van der Waals surface area contributed by atoms with Crippen molar-refractivity contribution in [2.24, 2.45) is 5.92 Å². The summed E-state index contributed by atoms with van der Waals surface area (Å²) >= 11 is 0. The fraction of sp³-hybridized carbons (Fsp3) is 0.818. The van der Waals surface area contributed by atoms with Crippen molar-refractivity contribution in [1.82, 2.24) is 10.2 Å². The molecule has 0 aromatic carbocycles. The highest BCUT2D eigenvalue weighted by atomic mass is 15.2. The lowest BCUT2D eigenvalue weighted by atomic mass is 10.0. The van der Waals surface area contributed by atoms with Crippen molar-refractivity contribution >= 4 is 0 Å². The summed E-state index contributed by atoms with van der Waals surface area (Å²) in [4.78, 5) is 2.52. The van der Waals surface area contributed by atoms with Gasteiger partial charge in [-0.3, -0.25) is 4.90 Å². The monoisotopic (exact) mass is 182 g/mol. The first-order valence-corrected chi connectivity index (χ1v) is 5.31.